The molecule has 3 rings (SSSR count). The van der Waals surface area contributed by atoms with Crippen molar-refractivity contribution < 1.29 is 14.3 Å². The summed E-state index contributed by atoms with van der Waals surface area (Å²) in [4.78, 5) is 20.6. The van der Waals surface area contributed by atoms with Gasteiger partial charge in [0.2, 0.25) is 5.88 Å². The van der Waals surface area contributed by atoms with Crippen LogP contribution < -0.4 is 14.8 Å². The van der Waals surface area contributed by atoms with Gasteiger partial charge >= 0.3 is 6.01 Å². The molecule has 124 valence electrons. The van der Waals surface area contributed by atoms with Crippen molar-refractivity contribution in [2.24, 2.45) is 0 Å². The molecule has 9 heteroatoms. The van der Waals surface area contributed by atoms with Gasteiger partial charge in [0.25, 0.3) is 5.91 Å². The van der Waals surface area contributed by atoms with Crippen LogP contribution >= 0.6 is 11.7 Å². The molecule has 0 saturated carbocycles. The minimum atomic E-state index is -0.307. The van der Waals surface area contributed by atoms with Gasteiger partial charge in [-0.05, 0) is 32.0 Å². The number of anilines is 1. The van der Waals surface area contributed by atoms with E-state index >= 15 is 0 Å². The summed E-state index contributed by atoms with van der Waals surface area (Å²) in [6.07, 6.45) is 1.46. The van der Waals surface area contributed by atoms with Gasteiger partial charge in [-0.25, -0.2) is 4.98 Å². The largest absolute Gasteiger partial charge is 0.476 e. The molecule has 0 unspecified atom stereocenters. The van der Waals surface area contributed by atoms with Crippen molar-refractivity contribution in [3.05, 3.63) is 30.0 Å². The number of rotatable bonds is 6. The zero-order valence-electron chi connectivity index (χ0n) is 13.1. The lowest BCUT2D eigenvalue weighted by Crippen LogP contribution is -2.14. The third-order valence-electron chi connectivity index (χ3n) is 3.05. The summed E-state index contributed by atoms with van der Waals surface area (Å²) in [5, 5.41) is 2.75. The van der Waals surface area contributed by atoms with E-state index in [0.717, 1.165) is 17.2 Å². The molecule has 0 fully saturated rings. The van der Waals surface area contributed by atoms with Crippen LogP contribution in [0.25, 0.3) is 11.0 Å². The summed E-state index contributed by atoms with van der Waals surface area (Å²) in [6, 6.07) is 5.33. The molecule has 1 amide bonds. The summed E-state index contributed by atoms with van der Waals surface area (Å²) in [5.74, 6) is -0.0423. The Labute approximate surface area is 142 Å². The molecule has 8 nitrogen and oxygen atoms in total. The number of nitrogens with one attached hydrogen (secondary N) is 1. The highest BCUT2D eigenvalue weighted by molar-refractivity contribution is 7.00. The summed E-state index contributed by atoms with van der Waals surface area (Å²) in [5.41, 5.74) is 2.28. The van der Waals surface area contributed by atoms with Crippen molar-refractivity contribution in [1.29, 1.82) is 0 Å². The Morgan fingerprint density at radius 2 is 1.96 bits per heavy atom. The highest BCUT2D eigenvalue weighted by Gasteiger charge is 2.14. The van der Waals surface area contributed by atoms with E-state index in [4.69, 9.17) is 9.47 Å². The lowest BCUT2D eigenvalue weighted by Gasteiger charge is -2.11. The molecule has 0 aliphatic heterocycles. The average Bonchev–Trinajstić information content (AvgIpc) is 3.05. The second kappa shape index (κ2) is 7.18. The number of hydrogen-bond acceptors (Lipinski definition) is 8. The summed E-state index contributed by atoms with van der Waals surface area (Å²) in [6.45, 7) is 4.51. The number of fused-ring (bicyclic) bond motifs is 1. The fourth-order valence-electron chi connectivity index (χ4n) is 2.00. The van der Waals surface area contributed by atoms with Crippen molar-refractivity contribution in [2.75, 3.05) is 18.5 Å². The van der Waals surface area contributed by atoms with Crippen molar-refractivity contribution in [1.82, 2.24) is 18.7 Å². The highest BCUT2D eigenvalue weighted by Crippen LogP contribution is 2.24. The number of hydrogen-bond donors (Lipinski definition) is 1. The monoisotopic (exact) mass is 345 g/mol. The molecular weight excluding hydrogens is 330 g/mol. The van der Waals surface area contributed by atoms with Gasteiger partial charge < -0.3 is 14.8 Å². The number of ether oxygens (including phenoxy) is 2. The van der Waals surface area contributed by atoms with Crippen molar-refractivity contribution >= 4 is 34.4 Å². The second-order valence-electron chi connectivity index (χ2n) is 4.66. The Bertz CT molecular complexity index is 867. The maximum absolute atomic E-state index is 12.4. The first-order valence-corrected chi connectivity index (χ1v) is 8.10. The molecule has 0 spiro atoms. The standard InChI is InChI=1S/C15H15N5O3S/c1-3-22-14-12(8-16-15(18-14)23-4-2)17-13(21)9-5-6-10-11(7-9)20-24-19-10/h5-8H,3-4H2,1-2H3,(H,17,21). The van der Waals surface area contributed by atoms with Crippen LogP contribution in [0.15, 0.2) is 24.4 Å². The average molecular weight is 345 g/mol. The molecule has 0 bridgehead atoms. The van der Waals surface area contributed by atoms with Gasteiger partial charge in [0.1, 0.15) is 16.7 Å². The van der Waals surface area contributed by atoms with E-state index in [9.17, 15) is 4.79 Å². The van der Waals surface area contributed by atoms with E-state index in [2.05, 4.69) is 24.0 Å². The van der Waals surface area contributed by atoms with Crippen molar-refractivity contribution in [2.45, 2.75) is 13.8 Å². The van der Waals surface area contributed by atoms with Crippen molar-refractivity contribution in [3.63, 3.8) is 0 Å². The first-order valence-electron chi connectivity index (χ1n) is 7.37. The first kappa shape index (κ1) is 16.1. The molecule has 0 aliphatic carbocycles. The fraction of sp³-hybridized carbons (Fsp3) is 0.267. The molecule has 1 N–H and O–H groups in total. The maximum atomic E-state index is 12.4. The topological polar surface area (TPSA) is 99.1 Å². The number of carbonyl (C=O) groups is 1. The third kappa shape index (κ3) is 3.40. The Morgan fingerprint density at radius 1 is 1.17 bits per heavy atom. The van der Waals surface area contributed by atoms with E-state index in [1.54, 1.807) is 18.2 Å². The molecule has 24 heavy (non-hydrogen) atoms. The van der Waals surface area contributed by atoms with E-state index in [0.29, 0.717) is 30.0 Å². The van der Waals surface area contributed by atoms with E-state index < -0.39 is 0 Å². The summed E-state index contributed by atoms with van der Waals surface area (Å²) in [7, 11) is 0. The van der Waals surface area contributed by atoms with Crippen LogP contribution in [0.3, 0.4) is 0 Å². The van der Waals surface area contributed by atoms with Gasteiger partial charge in [-0.3, -0.25) is 4.79 Å². The molecule has 0 atom stereocenters. The van der Waals surface area contributed by atoms with Crippen LogP contribution in [-0.2, 0) is 0 Å². The van der Waals surface area contributed by atoms with Crippen LogP contribution in [0.2, 0.25) is 0 Å². The molecule has 0 radical (unpaired) electrons. The molecule has 2 heterocycles. The number of amides is 1. The third-order valence-corrected chi connectivity index (χ3v) is 3.61. The lowest BCUT2D eigenvalue weighted by molar-refractivity contribution is 0.102. The lowest BCUT2D eigenvalue weighted by atomic mass is 10.2. The van der Waals surface area contributed by atoms with Crippen LogP contribution in [0, 0.1) is 0 Å². The maximum Gasteiger partial charge on any atom is 0.319 e. The van der Waals surface area contributed by atoms with Crippen LogP contribution in [0.4, 0.5) is 5.69 Å². The molecule has 2 aromatic heterocycles. The van der Waals surface area contributed by atoms with Gasteiger partial charge in [-0.15, -0.1) is 0 Å². The fourth-order valence-corrected chi connectivity index (χ4v) is 2.52. The predicted molar refractivity (Wildman–Crippen MR) is 89.7 cm³/mol. The van der Waals surface area contributed by atoms with Crippen molar-refractivity contribution in [3.8, 4) is 11.9 Å². The molecule has 3 aromatic rings. The normalized spacial score (nSPS) is 10.6. The van der Waals surface area contributed by atoms with E-state index in [-0.39, 0.29) is 17.8 Å². The Hall–Kier alpha value is -2.81. The van der Waals surface area contributed by atoms with E-state index in [1.165, 1.54) is 6.20 Å². The smallest absolute Gasteiger partial charge is 0.319 e. The predicted octanol–water partition coefficient (Wildman–Crippen LogP) is 2.53. The quantitative estimate of drug-likeness (QED) is 0.733. The Kier molecular flexibility index (Phi) is 4.80. The number of nitrogens with zero attached hydrogens (tertiary/aromatic N) is 4. The zero-order valence-corrected chi connectivity index (χ0v) is 14.0. The number of benzene rings is 1. The number of aromatic nitrogens is 4. The Balaban J connectivity index is 1.84. The minimum absolute atomic E-state index is 0.203. The molecule has 0 saturated heterocycles. The van der Waals surface area contributed by atoms with Gasteiger partial charge in [-0.2, -0.15) is 13.7 Å². The first-order chi connectivity index (χ1) is 11.7. The van der Waals surface area contributed by atoms with E-state index in [1.807, 2.05) is 13.8 Å². The van der Waals surface area contributed by atoms with Crippen LogP contribution in [-0.4, -0.2) is 37.8 Å². The zero-order chi connectivity index (χ0) is 16.9. The van der Waals surface area contributed by atoms with Crippen LogP contribution in [0.5, 0.6) is 11.9 Å². The van der Waals surface area contributed by atoms with Gasteiger partial charge in [0.05, 0.1) is 31.1 Å². The molecule has 1 aromatic carbocycles. The highest BCUT2D eigenvalue weighted by atomic mass is 32.1. The minimum Gasteiger partial charge on any atom is -0.476 e. The number of carbonyl (C=O) groups excluding carboxylic acids is 1. The van der Waals surface area contributed by atoms with Crippen LogP contribution in [0.1, 0.15) is 24.2 Å². The van der Waals surface area contributed by atoms with Gasteiger partial charge in [0, 0.05) is 5.56 Å². The second-order valence-corrected chi connectivity index (χ2v) is 5.19. The molecular formula is C15H15N5O3S. The summed E-state index contributed by atoms with van der Waals surface area (Å²) >= 11 is 1.11. The van der Waals surface area contributed by atoms with Gasteiger partial charge in [-0.1, -0.05) is 0 Å². The Morgan fingerprint density at radius 3 is 2.75 bits per heavy atom. The summed E-state index contributed by atoms with van der Waals surface area (Å²) < 4.78 is 18.9. The van der Waals surface area contributed by atoms with Gasteiger partial charge in [0.15, 0.2) is 0 Å². The molecule has 0 aliphatic rings. The SMILES string of the molecule is CCOc1ncc(NC(=O)c2ccc3nsnc3c2)c(OCC)n1.